The van der Waals surface area contributed by atoms with E-state index < -0.39 is 0 Å². The zero-order valence-corrected chi connectivity index (χ0v) is 8.06. The summed E-state index contributed by atoms with van der Waals surface area (Å²) in [7, 11) is 0. The van der Waals surface area contributed by atoms with Gasteiger partial charge in [0.25, 0.3) is 0 Å². The van der Waals surface area contributed by atoms with Gasteiger partial charge in [-0.2, -0.15) is 0 Å². The van der Waals surface area contributed by atoms with Crippen molar-refractivity contribution in [3.63, 3.8) is 0 Å². The quantitative estimate of drug-likeness (QED) is 0.739. The van der Waals surface area contributed by atoms with Crippen LogP contribution >= 0.6 is 11.3 Å². The van der Waals surface area contributed by atoms with Crippen molar-refractivity contribution < 1.29 is 4.79 Å². The summed E-state index contributed by atoms with van der Waals surface area (Å²) >= 11 is 1.69. The average molecular weight is 193 g/mol. The first-order chi connectivity index (χ1) is 6.34. The third-order valence-corrected chi connectivity index (χ3v) is 2.82. The molecule has 0 radical (unpaired) electrons. The highest BCUT2D eigenvalue weighted by molar-refractivity contribution is 7.10. The van der Waals surface area contributed by atoms with Crippen LogP contribution in [0.1, 0.15) is 17.7 Å². The van der Waals surface area contributed by atoms with E-state index in [0.29, 0.717) is 18.6 Å². The van der Waals surface area contributed by atoms with Crippen molar-refractivity contribution in [2.24, 2.45) is 0 Å². The van der Waals surface area contributed by atoms with E-state index in [2.05, 4.69) is 17.5 Å². The number of carbonyl (C=O) groups is 1. The normalized spacial score (nSPS) is 20.3. The van der Waals surface area contributed by atoms with Crippen LogP contribution < -0.4 is 5.32 Å². The minimum absolute atomic E-state index is 0.335. The molecule has 2 rings (SSSR count). The van der Waals surface area contributed by atoms with Crippen molar-refractivity contribution in [1.29, 1.82) is 0 Å². The lowest BCUT2D eigenvalue weighted by atomic mass is 10.1. The van der Waals surface area contributed by atoms with Crippen LogP contribution in [-0.2, 0) is 4.79 Å². The number of Topliss-reactive ketones (excluding diaryl/α,β-unsaturated/α-hetero) is 1. The summed E-state index contributed by atoms with van der Waals surface area (Å²) in [6.45, 7) is 0.788. The van der Waals surface area contributed by atoms with Gasteiger partial charge in [0.1, 0.15) is 5.78 Å². The highest BCUT2D eigenvalue weighted by Crippen LogP contribution is 2.16. The van der Waals surface area contributed by atoms with Gasteiger partial charge in [-0.3, -0.25) is 4.79 Å². The molecule has 68 valence electrons. The molecule has 1 saturated heterocycles. The number of carbonyl (C=O) groups excluding carboxylic acids is 1. The van der Waals surface area contributed by atoms with Crippen LogP contribution in [0.3, 0.4) is 0 Å². The molecule has 0 saturated carbocycles. The third-order valence-electron chi connectivity index (χ3n) is 2.00. The van der Waals surface area contributed by atoms with Gasteiger partial charge in [0.2, 0.25) is 0 Å². The van der Waals surface area contributed by atoms with Crippen LogP contribution in [0, 0.1) is 0 Å². The molecule has 1 aliphatic heterocycles. The van der Waals surface area contributed by atoms with Gasteiger partial charge in [-0.15, -0.1) is 11.3 Å². The second-order valence-electron chi connectivity index (χ2n) is 3.08. The highest BCUT2D eigenvalue weighted by Gasteiger charge is 2.11. The first kappa shape index (κ1) is 8.51. The highest BCUT2D eigenvalue weighted by atomic mass is 32.1. The second-order valence-corrected chi connectivity index (χ2v) is 4.06. The molecule has 1 fully saturated rings. The van der Waals surface area contributed by atoms with Crippen molar-refractivity contribution >= 4 is 23.2 Å². The summed E-state index contributed by atoms with van der Waals surface area (Å²) in [5.74, 6) is 0.335. The van der Waals surface area contributed by atoms with Crippen molar-refractivity contribution in [3.05, 3.63) is 28.1 Å². The van der Waals surface area contributed by atoms with Gasteiger partial charge >= 0.3 is 0 Å². The molecule has 1 N–H and O–H groups in total. The van der Waals surface area contributed by atoms with E-state index in [0.717, 1.165) is 12.2 Å². The van der Waals surface area contributed by atoms with Crippen LogP contribution in [0.25, 0.3) is 6.08 Å². The smallest absolute Gasteiger partial charge is 0.140 e. The summed E-state index contributed by atoms with van der Waals surface area (Å²) < 4.78 is 0. The molecule has 1 aromatic heterocycles. The SMILES string of the molecule is O=C1CCNC(=Cc2cccs2)C1. The zero-order valence-electron chi connectivity index (χ0n) is 7.25. The van der Waals surface area contributed by atoms with Crippen LogP contribution in [0.2, 0.25) is 0 Å². The van der Waals surface area contributed by atoms with E-state index >= 15 is 0 Å². The van der Waals surface area contributed by atoms with Crippen molar-refractivity contribution in [2.75, 3.05) is 6.54 Å². The number of ketones is 1. The number of hydrogen-bond acceptors (Lipinski definition) is 3. The van der Waals surface area contributed by atoms with E-state index in [9.17, 15) is 4.79 Å². The summed E-state index contributed by atoms with van der Waals surface area (Å²) in [6.07, 6.45) is 3.29. The summed E-state index contributed by atoms with van der Waals surface area (Å²) in [5.41, 5.74) is 1.05. The maximum Gasteiger partial charge on any atom is 0.140 e. The van der Waals surface area contributed by atoms with Crippen LogP contribution in [0.15, 0.2) is 23.2 Å². The molecule has 0 amide bonds. The Morgan fingerprint density at radius 3 is 3.15 bits per heavy atom. The number of hydrogen-bond donors (Lipinski definition) is 1. The minimum atomic E-state index is 0.335. The Kier molecular flexibility index (Phi) is 2.45. The molecule has 0 aromatic carbocycles. The largest absolute Gasteiger partial charge is 0.388 e. The number of nitrogens with one attached hydrogen (secondary N) is 1. The Balaban J connectivity index is 2.11. The van der Waals surface area contributed by atoms with Gasteiger partial charge in [-0.25, -0.2) is 0 Å². The molecule has 3 heteroatoms. The van der Waals surface area contributed by atoms with Gasteiger partial charge < -0.3 is 5.32 Å². The van der Waals surface area contributed by atoms with Crippen molar-refractivity contribution in [3.8, 4) is 0 Å². The lowest BCUT2D eigenvalue weighted by molar-refractivity contribution is -0.119. The number of rotatable bonds is 1. The van der Waals surface area contributed by atoms with E-state index in [1.807, 2.05) is 11.4 Å². The fraction of sp³-hybridized carbons (Fsp3) is 0.300. The Labute approximate surface area is 81.3 Å². The first-order valence-electron chi connectivity index (χ1n) is 4.34. The van der Waals surface area contributed by atoms with Crippen molar-refractivity contribution in [1.82, 2.24) is 5.32 Å². The predicted octanol–water partition coefficient (Wildman–Crippen LogP) is 2.04. The summed E-state index contributed by atoms with van der Waals surface area (Å²) in [6, 6.07) is 4.07. The topological polar surface area (TPSA) is 29.1 Å². The fourth-order valence-corrected chi connectivity index (χ4v) is 2.05. The van der Waals surface area contributed by atoms with E-state index in [-0.39, 0.29) is 0 Å². The molecule has 1 aromatic rings. The Morgan fingerprint density at radius 1 is 1.54 bits per heavy atom. The average Bonchev–Trinajstić information content (AvgIpc) is 2.57. The molecule has 0 atom stereocenters. The fourth-order valence-electron chi connectivity index (χ4n) is 1.37. The van der Waals surface area contributed by atoms with Gasteiger partial charge in [-0.1, -0.05) is 6.07 Å². The molecule has 2 nitrogen and oxygen atoms in total. The molecule has 0 unspecified atom stereocenters. The van der Waals surface area contributed by atoms with Crippen LogP contribution in [0.4, 0.5) is 0 Å². The lowest BCUT2D eigenvalue weighted by Gasteiger charge is -2.15. The summed E-state index contributed by atoms with van der Waals surface area (Å²) in [4.78, 5) is 12.3. The van der Waals surface area contributed by atoms with Crippen LogP contribution in [-0.4, -0.2) is 12.3 Å². The Bertz CT molecular complexity index is 327. The monoisotopic (exact) mass is 193 g/mol. The molecular formula is C10H11NOS. The second kappa shape index (κ2) is 3.75. The van der Waals surface area contributed by atoms with Gasteiger partial charge in [0, 0.05) is 30.0 Å². The van der Waals surface area contributed by atoms with E-state index in [1.54, 1.807) is 11.3 Å². The Hall–Kier alpha value is -1.09. The number of piperidine rings is 1. The molecule has 0 bridgehead atoms. The first-order valence-corrected chi connectivity index (χ1v) is 5.22. The maximum atomic E-state index is 11.1. The molecule has 0 aliphatic carbocycles. The van der Waals surface area contributed by atoms with Gasteiger partial charge in [-0.05, 0) is 17.5 Å². The van der Waals surface area contributed by atoms with Crippen molar-refractivity contribution in [2.45, 2.75) is 12.8 Å². The molecular weight excluding hydrogens is 182 g/mol. The number of allylic oxidation sites excluding steroid dienone is 1. The van der Waals surface area contributed by atoms with E-state index in [4.69, 9.17) is 0 Å². The minimum Gasteiger partial charge on any atom is -0.388 e. The van der Waals surface area contributed by atoms with Crippen LogP contribution in [0.5, 0.6) is 0 Å². The predicted molar refractivity (Wildman–Crippen MR) is 54.5 cm³/mol. The standard InChI is InChI=1S/C10H11NOS/c12-9-3-4-11-8(6-9)7-10-2-1-5-13-10/h1-2,5,7,11H,3-4,6H2. The van der Waals surface area contributed by atoms with E-state index in [1.165, 1.54) is 4.88 Å². The maximum absolute atomic E-state index is 11.1. The molecule has 13 heavy (non-hydrogen) atoms. The Morgan fingerprint density at radius 2 is 2.46 bits per heavy atom. The zero-order chi connectivity index (χ0) is 9.10. The van der Waals surface area contributed by atoms with Gasteiger partial charge in [0.05, 0.1) is 0 Å². The third kappa shape index (κ3) is 2.18. The number of thiophene rings is 1. The summed E-state index contributed by atoms with van der Waals surface area (Å²) in [5, 5.41) is 5.27. The molecule has 2 heterocycles. The van der Waals surface area contributed by atoms with Gasteiger partial charge in [0.15, 0.2) is 0 Å². The lowest BCUT2D eigenvalue weighted by Crippen LogP contribution is -2.25. The molecule has 1 aliphatic rings. The molecule has 0 spiro atoms.